The van der Waals surface area contributed by atoms with Gasteiger partial charge in [-0.15, -0.1) is 0 Å². The third kappa shape index (κ3) is 3.02. The third-order valence-corrected chi connectivity index (χ3v) is 6.13. The summed E-state index contributed by atoms with van der Waals surface area (Å²) in [5, 5.41) is 2.88. The average Bonchev–Trinajstić information content (AvgIpc) is 3.02. The van der Waals surface area contributed by atoms with Gasteiger partial charge in [-0.1, -0.05) is 6.07 Å². The minimum Gasteiger partial charge on any atom is -0.323 e. The number of carbonyl (C=O) groups excluding carboxylic acids is 1. The number of halogens is 3. The van der Waals surface area contributed by atoms with Crippen LogP contribution < -0.4 is 10.2 Å². The molecule has 1 atom stereocenters. The van der Waals surface area contributed by atoms with E-state index in [4.69, 9.17) is 12.2 Å². The molecule has 5 rings (SSSR count). The Morgan fingerprint density at radius 1 is 1.00 bits per heavy atom. The van der Waals surface area contributed by atoms with Crippen molar-refractivity contribution in [1.29, 1.82) is 0 Å². The number of fused-ring (bicyclic) bond motifs is 2. The summed E-state index contributed by atoms with van der Waals surface area (Å²) in [7, 11) is 0. The molecule has 32 heavy (non-hydrogen) atoms. The van der Waals surface area contributed by atoms with Crippen LogP contribution >= 0.6 is 12.2 Å². The number of hydrogen-bond acceptors (Lipinski definition) is 2. The first kappa shape index (κ1) is 20.4. The highest BCUT2D eigenvalue weighted by Gasteiger charge is 2.55. The fourth-order valence-corrected chi connectivity index (χ4v) is 4.69. The highest BCUT2D eigenvalue weighted by Crippen LogP contribution is 2.48. The molecule has 3 aromatic carbocycles. The molecule has 4 nitrogen and oxygen atoms in total. The molecule has 0 radical (unpaired) electrons. The number of nitrogens with one attached hydrogen (secondary N) is 1. The van der Waals surface area contributed by atoms with Gasteiger partial charge < -0.3 is 5.32 Å². The molecule has 1 N–H and O–H groups in total. The van der Waals surface area contributed by atoms with E-state index in [2.05, 4.69) is 10.3 Å². The predicted octanol–water partition coefficient (Wildman–Crippen LogP) is 5.24. The maximum Gasteiger partial charge on any atom is 0.255 e. The predicted molar refractivity (Wildman–Crippen MR) is 120 cm³/mol. The van der Waals surface area contributed by atoms with Gasteiger partial charge in [-0.2, -0.15) is 0 Å². The first-order chi connectivity index (χ1) is 15.3. The van der Waals surface area contributed by atoms with Crippen molar-refractivity contribution in [3.8, 4) is 0 Å². The van der Waals surface area contributed by atoms with Crippen molar-refractivity contribution in [2.24, 2.45) is 4.99 Å². The molecule has 160 valence electrons. The van der Waals surface area contributed by atoms with Crippen molar-refractivity contribution in [2.75, 3.05) is 10.2 Å². The van der Waals surface area contributed by atoms with E-state index in [0.717, 1.165) is 0 Å². The second-order valence-corrected chi connectivity index (χ2v) is 8.16. The first-order valence-corrected chi connectivity index (χ1v) is 10.3. The number of hydrogen-bond donors (Lipinski definition) is 1. The summed E-state index contributed by atoms with van der Waals surface area (Å²) in [5.41, 5.74) is 1.38. The molecule has 0 saturated heterocycles. The molecule has 0 bridgehead atoms. The van der Waals surface area contributed by atoms with Gasteiger partial charge in [0.1, 0.15) is 17.5 Å². The number of amides is 1. The number of nitrogens with zero attached hydrogens (tertiary/aromatic N) is 2. The van der Waals surface area contributed by atoms with E-state index >= 15 is 0 Å². The number of aryl methyl sites for hydroxylation is 1. The maximum atomic E-state index is 14.3. The van der Waals surface area contributed by atoms with Crippen molar-refractivity contribution < 1.29 is 18.0 Å². The Labute approximate surface area is 187 Å². The molecule has 8 heteroatoms. The van der Waals surface area contributed by atoms with Gasteiger partial charge in [-0.05, 0) is 84.9 Å². The van der Waals surface area contributed by atoms with Crippen molar-refractivity contribution in [2.45, 2.75) is 18.9 Å². The number of carbonyl (C=O) groups is 1. The van der Waals surface area contributed by atoms with Gasteiger partial charge in [0.15, 0.2) is 5.54 Å². The lowest BCUT2D eigenvalue weighted by atomic mass is 9.81. The zero-order valence-electron chi connectivity index (χ0n) is 16.8. The van der Waals surface area contributed by atoms with Gasteiger partial charge >= 0.3 is 0 Å². The standard InChI is InChI=1S/C24H16F3N3OS/c1-13-10-14(2-8-19(13)27)21-12-24(18-11-16(26)5-9-20(18)28-22(24)31)30(23(32)29-21)17-6-3-15(25)4-7-17/h2-11H,12H2,1H3,(H,28,31)/t24-/m0/s1. The molecule has 2 aliphatic rings. The number of thiocarbonyl (C=S) groups is 1. The normalized spacial score (nSPS) is 19.8. The monoisotopic (exact) mass is 451 g/mol. The van der Waals surface area contributed by atoms with Crippen LogP contribution in [0, 0.1) is 24.4 Å². The minimum absolute atomic E-state index is 0.0534. The quantitative estimate of drug-likeness (QED) is 0.542. The lowest BCUT2D eigenvalue weighted by Gasteiger charge is -2.43. The van der Waals surface area contributed by atoms with Crippen molar-refractivity contribution in [3.05, 3.63) is 94.8 Å². The molecule has 2 aliphatic heterocycles. The highest BCUT2D eigenvalue weighted by atomic mass is 32.1. The molecule has 0 fully saturated rings. The summed E-state index contributed by atoms with van der Waals surface area (Å²) in [6.45, 7) is 1.63. The number of aliphatic imine (C=N–C) groups is 1. The van der Waals surface area contributed by atoms with Gasteiger partial charge in [-0.3, -0.25) is 9.69 Å². The molecule has 0 aromatic heterocycles. The Hall–Kier alpha value is -3.52. The summed E-state index contributed by atoms with van der Waals surface area (Å²) in [5.74, 6) is -1.72. The summed E-state index contributed by atoms with van der Waals surface area (Å²) in [6.07, 6.45) is 0.0534. The molecular formula is C24H16F3N3OS. The molecule has 0 saturated carbocycles. The Morgan fingerprint density at radius 3 is 2.44 bits per heavy atom. The highest BCUT2D eigenvalue weighted by molar-refractivity contribution is 7.80. The van der Waals surface area contributed by atoms with Crippen LogP contribution in [0.2, 0.25) is 0 Å². The molecule has 0 unspecified atom stereocenters. The molecule has 3 aromatic rings. The lowest BCUT2D eigenvalue weighted by Crippen LogP contribution is -2.57. The molecule has 1 spiro atoms. The van der Waals surface area contributed by atoms with Gasteiger partial charge in [0.2, 0.25) is 5.11 Å². The van der Waals surface area contributed by atoms with Crippen molar-refractivity contribution in [3.63, 3.8) is 0 Å². The first-order valence-electron chi connectivity index (χ1n) is 9.85. The Morgan fingerprint density at radius 2 is 1.72 bits per heavy atom. The summed E-state index contributed by atoms with van der Waals surface area (Å²) in [4.78, 5) is 19.6. The smallest absolute Gasteiger partial charge is 0.255 e. The van der Waals surface area contributed by atoms with Crippen molar-refractivity contribution >= 4 is 40.3 Å². The minimum atomic E-state index is -1.44. The van der Waals surface area contributed by atoms with Crippen LogP contribution in [-0.4, -0.2) is 16.7 Å². The lowest BCUT2D eigenvalue weighted by molar-refractivity contribution is -0.120. The van der Waals surface area contributed by atoms with E-state index in [1.807, 2.05) is 0 Å². The van der Waals surface area contributed by atoms with Gasteiger partial charge in [0.05, 0.1) is 5.71 Å². The maximum absolute atomic E-state index is 14.3. The van der Waals surface area contributed by atoms with E-state index < -0.39 is 23.1 Å². The second-order valence-electron chi connectivity index (χ2n) is 7.80. The van der Waals surface area contributed by atoms with E-state index in [1.54, 1.807) is 19.1 Å². The number of rotatable bonds is 2. The summed E-state index contributed by atoms with van der Waals surface area (Å²) >= 11 is 5.60. The van der Waals surface area contributed by atoms with Crippen LogP contribution in [-0.2, 0) is 10.3 Å². The number of benzene rings is 3. The van der Waals surface area contributed by atoms with Crippen LogP contribution in [0.15, 0.2) is 65.7 Å². The van der Waals surface area contributed by atoms with E-state index in [1.165, 1.54) is 53.4 Å². The zero-order valence-corrected chi connectivity index (χ0v) is 17.6. The fraction of sp³-hybridized carbons (Fsp3) is 0.125. The Kier molecular flexibility index (Phi) is 4.63. The fourth-order valence-electron chi connectivity index (χ4n) is 4.31. The van der Waals surface area contributed by atoms with Crippen LogP contribution in [0.25, 0.3) is 0 Å². The molecule has 1 amide bonds. The van der Waals surface area contributed by atoms with Crippen LogP contribution in [0.5, 0.6) is 0 Å². The van der Waals surface area contributed by atoms with E-state index in [9.17, 15) is 18.0 Å². The third-order valence-electron chi connectivity index (χ3n) is 5.85. The summed E-state index contributed by atoms with van der Waals surface area (Å²) < 4.78 is 41.8. The SMILES string of the molecule is Cc1cc(C2=NC(=S)N(c3ccc(F)cc3)[C@]3(C2)C(=O)Nc2ccc(F)cc23)ccc1F. The van der Waals surface area contributed by atoms with Gasteiger partial charge in [0.25, 0.3) is 5.91 Å². The van der Waals surface area contributed by atoms with Gasteiger partial charge in [-0.25, -0.2) is 18.2 Å². The van der Waals surface area contributed by atoms with Crippen LogP contribution in [0.1, 0.15) is 23.1 Å². The van der Waals surface area contributed by atoms with E-state index in [0.29, 0.717) is 33.8 Å². The second kappa shape index (κ2) is 7.27. The molecular weight excluding hydrogens is 435 g/mol. The Bertz CT molecular complexity index is 1320. The van der Waals surface area contributed by atoms with Crippen LogP contribution in [0.4, 0.5) is 24.5 Å². The number of anilines is 2. The zero-order chi connectivity index (χ0) is 22.6. The molecule has 2 heterocycles. The van der Waals surface area contributed by atoms with Gasteiger partial charge in [0, 0.05) is 23.4 Å². The van der Waals surface area contributed by atoms with Crippen molar-refractivity contribution in [1.82, 2.24) is 0 Å². The average molecular weight is 451 g/mol. The Balaban J connectivity index is 1.75. The van der Waals surface area contributed by atoms with Crippen LogP contribution in [0.3, 0.4) is 0 Å². The van der Waals surface area contributed by atoms with E-state index in [-0.39, 0.29) is 17.4 Å². The summed E-state index contributed by atoms with van der Waals surface area (Å²) in [6, 6.07) is 14.1. The molecule has 0 aliphatic carbocycles. The topological polar surface area (TPSA) is 44.7 Å². The largest absolute Gasteiger partial charge is 0.323 e.